The van der Waals surface area contributed by atoms with Gasteiger partial charge in [-0.3, -0.25) is 9.48 Å². The number of carbonyl (C=O) groups excluding carboxylic acids is 1. The van der Waals surface area contributed by atoms with E-state index in [9.17, 15) is 4.79 Å². The third kappa shape index (κ3) is 2.76. The highest BCUT2D eigenvalue weighted by Gasteiger charge is 2.13. The van der Waals surface area contributed by atoms with E-state index in [2.05, 4.69) is 10.4 Å². The lowest BCUT2D eigenvalue weighted by molar-refractivity contribution is 0.102. The van der Waals surface area contributed by atoms with Crippen LogP contribution in [0, 0.1) is 13.8 Å². The van der Waals surface area contributed by atoms with E-state index in [0.717, 1.165) is 11.3 Å². The fourth-order valence-corrected chi connectivity index (χ4v) is 1.78. The standard InChI is InChI=1S/C14H17N3O2/c1-9-5-6-13(19-4)11(7-9)15-14(18)12-8-10(2)17(3)16-12/h5-8H,1-4H3,(H,15,18). The molecule has 0 saturated carbocycles. The lowest BCUT2D eigenvalue weighted by Gasteiger charge is -2.09. The lowest BCUT2D eigenvalue weighted by atomic mass is 10.2. The van der Waals surface area contributed by atoms with Crippen molar-refractivity contribution in [1.29, 1.82) is 0 Å². The summed E-state index contributed by atoms with van der Waals surface area (Å²) in [6.45, 7) is 3.86. The molecule has 0 bridgehead atoms. The molecule has 1 aromatic carbocycles. The van der Waals surface area contributed by atoms with Gasteiger partial charge in [0.2, 0.25) is 0 Å². The molecule has 1 heterocycles. The minimum atomic E-state index is -0.243. The molecule has 2 rings (SSSR count). The Kier molecular flexibility index (Phi) is 3.55. The Hall–Kier alpha value is -2.30. The van der Waals surface area contributed by atoms with Gasteiger partial charge in [0.25, 0.3) is 5.91 Å². The summed E-state index contributed by atoms with van der Waals surface area (Å²) < 4.78 is 6.89. The summed E-state index contributed by atoms with van der Waals surface area (Å²) in [5.74, 6) is 0.388. The van der Waals surface area contributed by atoms with Crippen LogP contribution in [0.2, 0.25) is 0 Å². The van der Waals surface area contributed by atoms with Crippen molar-refractivity contribution in [3.05, 3.63) is 41.2 Å². The zero-order chi connectivity index (χ0) is 14.0. The van der Waals surface area contributed by atoms with Crippen LogP contribution in [0.1, 0.15) is 21.7 Å². The van der Waals surface area contributed by atoms with Crippen molar-refractivity contribution in [2.24, 2.45) is 7.05 Å². The minimum absolute atomic E-state index is 0.243. The van der Waals surface area contributed by atoms with E-state index in [1.807, 2.05) is 32.0 Å². The molecule has 0 fully saturated rings. The fourth-order valence-electron chi connectivity index (χ4n) is 1.78. The number of methoxy groups -OCH3 is 1. The van der Waals surface area contributed by atoms with Crippen LogP contribution in [0.3, 0.4) is 0 Å². The van der Waals surface area contributed by atoms with E-state index in [1.165, 1.54) is 0 Å². The van der Waals surface area contributed by atoms with Gasteiger partial charge in [0, 0.05) is 12.7 Å². The number of aromatic nitrogens is 2. The summed E-state index contributed by atoms with van der Waals surface area (Å²) in [6, 6.07) is 7.37. The van der Waals surface area contributed by atoms with Crippen molar-refractivity contribution in [3.8, 4) is 5.75 Å². The van der Waals surface area contributed by atoms with Gasteiger partial charge in [-0.05, 0) is 37.6 Å². The number of aryl methyl sites for hydroxylation is 3. The van der Waals surface area contributed by atoms with Crippen LogP contribution in [0.5, 0.6) is 5.75 Å². The van der Waals surface area contributed by atoms with Gasteiger partial charge in [0.15, 0.2) is 5.69 Å². The van der Waals surface area contributed by atoms with Gasteiger partial charge in [-0.25, -0.2) is 0 Å². The maximum atomic E-state index is 12.1. The molecule has 1 amide bonds. The summed E-state index contributed by atoms with van der Waals surface area (Å²) in [5, 5.41) is 6.97. The van der Waals surface area contributed by atoms with E-state index in [-0.39, 0.29) is 5.91 Å². The fraction of sp³-hybridized carbons (Fsp3) is 0.286. The van der Waals surface area contributed by atoms with E-state index in [4.69, 9.17) is 4.74 Å². The third-order valence-corrected chi connectivity index (χ3v) is 2.95. The number of amides is 1. The number of hydrogen-bond donors (Lipinski definition) is 1. The molecule has 0 unspecified atom stereocenters. The van der Waals surface area contributed by atoms with Gasteiger partial charge in [-0.15, -0.1) is 0 Å². The molecule has 0 radical (unpaired) electrons. The van der Waals surface area contributed by atoms with Gasteiger partial charge >= 0.3 is 0 Å². The first-order chi connectivity index (χ1) is 9.01. The SMILES string of the molecule is COc1ccc(C)cc1NC(=O)c1cc(C)n(C)n1. The number of ether oxygens (including phenoxy) is 1. The predicted molar refractivity (Wildman–Crippen MR) is 73.6 cm³/mol. The number of nitrogens with one attached hydrogen (secondary N) is 1. The van der Waals surface area contributed by atoms with Gasteiger partial charge in [-0.1, -0.05) is 6.07 Å². The molecule has 19 heavy (non-hydrogen) atoms. The van der Waals surface area contributed by atoms with Crippen molar-refractivity contribution in [1.82, 2.24) is 9.78 Å². The van der Waals surface area contributed by atoms with E-state index >= 15 is 0 Å². The predicted octanol–water partition coefficient (Wildman–Crippen LogP) is 2.30. The Balaban J connectivity index is 2.25. The molecule has 5 nitrogen and oxygen atoms in total. The molecule has 0 saturated heterocycles. The number of benzene rings is 1. The molecule has 0 aliphatic carbocycles. The number of carbonyl (C=O) groups is 1. The zero-order valence-corrected chi connectivity index (χ0v) is 11.5. The number of anilines is 1. The maximum absolute atomic E-state index is 12.1. The molecule has 100 valence electrons. The normalized spacial score (nSPS) is 10.3. The van der Waals surface area contributed by atoms with Crippen molar-refractivity contribution in [3.63, 3.8) is 0 Å². The molecular formula is C14H17N3O2. The average Bonchev–Trinajstić information content (AvgIpc) is 2.70. The Labute approximate surface area is 112 Å². The molecule has 0 aliphatic rings. The van der Waals surface area contributed by atoms with Crippen molar-refractivity contribution >= 4 is 11.6 Å². The molecule has 0 spiro atoms. The minimum Gasteiger partial charge on any atom is -0.495 e. The Morgan fingerprint density at radius 1 is 1.32 bits per heavy atom. The largest absolute Gasteiger partial charge is 0.495 e. The highest BCUT2D eigenvalue weighted by molar-refractivity contribution is 6.03. The summed E-state index contributed by atoms with van der Waals surface area (Å²) in [7, 11) is 3.38. The lowest BCUT2D eigenvalue weighted by Crippen LogP contribution is -2.13. The van der Waals surface area contributed by atoms with Gasteiger partial charge < -0.3 is 10.1 Å². The topological polar surface area (TPSA) is 56.1 Å². The monoisotopic (exact) mass is 259 g/mol. The Morgan fingerprint density at radius 2 is 2.05 bits per heavy atom. The molecular weight excluding hydrogens is 242 g/mol. The number of rotatable bonds is 3. The van der Waals surface area contributed by atoms with Crippen molar-refractivity contribution in [2.75, 3.05) is 12.4 Å². The first kappa shape index (κ1) is 13.1. The van der Waals surface area contributed by atoms with Gasteiger partial charge in [-0.2, -0.15) is 5.10 Å². The molecule has 0 atom stereocenters. The molecule has 2 aromatic rings. The zero-order valence-electron chi connectivity index (χ0n) is 11.5. The number of nitrogens with zero attached hydrogens (tertiary/aromatic N) is 2. The van der Waals surface area contributed by atoms with Crippen LogP contribution in [-0.4, -0.2) is 22.8 Å². The summed E-state index contributed by atoms with van der Waals surface area (Å²) >= 11 is 0. The average molecular weight is 259 g/mol. The molecule has 0 aliphatic heterocycles. The van der Waals surface area contributed by atoms with Crippen LogP contribution >= 0.6 is 0 Å². The van der Waals surface area contributed by atoms with Crippen LogP contribution in [0.25, 0.3) is 0 Å². The second-order valence-electron chi connectivity index (χ2n) is 4.45. The van der Waals surface area contributed by atoms with Crippen molar-refractivity contribution < 1.29 is 9.53 Å². The van der Waals surface area contributed by atoms with E-state index in [0.29, 0.717) is 17.1 Å². The maximum Gasteiger partial charge on any atom is 0.276 e. The second kappa shape index (κ2) is 5.14. The Bertz CT molecular complexity index is 598. The molecule has 1 N–H and O–H groups in total. The van der Waals surface area contributed by atoms with Crippen LogP contribution in [-0.2, 0) is 7.05 Å². The molecule has 1 aromatic heterocycles. The number of hydrogen-bond acceptors (Lipinski definition) is 3. The van der Waals surface area contributed by atoms with Gasteiger partial charge in [0.1, 0.15) is 5.75 Å². The molecule has 5 heteroatoms. The van der Waals surface area contributed by atoms with Crippen LogP contribution in [0.4, 0.5) is 5.69 Å². The van der Waals surface area contributed by atoms with Crippen LogP contribution < -0.4 is 10.1 Å². The third-order valence-electron chi connectivity index (χ3n) is 2.95. The first-order valence-corrected chi connectivity index (χ1v) is 5.98. The van der Waals surface area contributed by atoms with Crippen LogP contribution in [0.15, 0.2) is 24.3 Å². The van der Waals surface area contributed by atoms with E-state index in [1.54, 1.807) is 24.9 Å². The summed E-state index contributed by atoms with van der Waals surface area (Å²) in [6.07, 6.45) is 0. The Morgan fingerprint density at radius 3 is 2.63 bits per heavy atom. The van der Waals surface area contributed by atoms with Gasteiger partial charge in [0.05, 0.1) is 12.8 Å². The second-order valence-corrected chi connectivity index (χ2v) is 4.45. The van der Waals surface area contributed by atoms with E-state index < -0.39 is 0 Å². The summed E-state index contributed by atoms with van der Waals surface area (Å²) in [4.78, 5) is 12.1. The highest BCUT2D eigenvalue weighted by atomic mass is 16.5. The highest BCUT2D eigenvalue weighted by Crippen LogP contribution is 2.25. The first-order valence-electron chi connectivity index (χ1n) is 5.98. The van der Waals surface area contributed by atoms with Crippen molar-refractivity contribution in [2.45, 2.75) is 13.8 Å². The quantitative estimate of drug-likeness (QED) is 0.920. The smallest absolute Gasteiger partial charge is 0.276 e. The summed E-state index contributed by atoms with van der Waals surface area (Å²) in [5.41, 5.74) is 3.02.